The van der Waals surface area contributed by atoms with Crippen molar-refractivity contribution in [2.24, 2.45) is 5.73 Å². The molecule has 1 aromatic carbocycles. The lowest BCUT2D eigenvalue weighted by molar-refractivity contribution is -0.135. The number of morpholine rings is 1. The average Bonchev–Trinajstić information content (AvgIpc) is 2.39. The number of aliphatic hydroxyl groups excluding tert-OH is 1. The van der Waals surface area contributed by atoms with Crippen LogP contribution in [0.25, 0.3) is 0 Å². The van der Waals surface area contributed by atoms with Crippen molar-refractivity contribution in [3.63, 3.8) is 0 Å². The maximum Gasteiger partial charge on any atom is 0.247 e. The Morgan fingerprint density at radius 3 is 2.84 bits per heavy atom. The van der Waals surface area contributed by atoms with E-state index in [0.29, 0.717) is 26.2 Å². The van der Waals surface area contributed by atoms with Gasteiger partial charge in [0.25, 0.3) is 0 Å². The van der Waals surface area contributed by atoms with E-state index in [4.69, 9.17) is 10.5 Å². The topological polar surface area (TPSA) is 75.8 Å². The molecule has 19 heavy (non-hydrogen) atoms. The van der Waals surface area contributed by atoms with Crippen LogP contribution in [0.4, 0.5) is 0 Å². The molecular weight excluding hydrogens is 312 g/mol. The van der Waals surface area contributed by atoms with E-state index < -0.39 is 18.1 Å². The van der Waals surface area contributed by atoms with E-state index in [1.165, 1.54) is 0 Å². The number of nitrogens with zero attached hydrogens (tertiary/aromatic N) is 1. The van der Waals surface area contributed by atoms with Crippen LogP contribution in [0.5, 0.6) is 0 Å². The fourth-order valence-electron chi connectivity index (χ4n) is 2.08. The minimum atomic E-state index is -0.584. The first-order valence-corrected chi connectivity index (χ1v) is 6.92. The molecule has 0 bridgehead atoms. The first-order valence-electron chi connectivity index (χ1n) is 6.13. The lowest BCUT2D eigenvalue weighted by Gasteiger charge is -2.32. The molecule has 2 rings (SSSR count). The zero-order valence-electron chi connectivity index (χ0n) is 10.5. The number of ether oxygens (including phenoxy) is 1. The Hall–Kier alpha value is -0.950. The maximum absolute atomic E-state index is 11.1. The SMILES string of the molecule is NC(=O)[C@H]1CN(C[C@H](O)c2ccc(Br)cc2)CCO1. The largest absolute Gasteiger partial charge is 0.387 e. The van der Waals surface area contributed by atoms with Crippen molar-refractivity contribution in [1.29, 1.82) is 0 Å². The number of amides is 1. The summed E-state index contributed by atoms with van der Waals surface area (Å²) in [5.74, 6) is -0.456. The van der Waals surface area contributed by atoms with Gasteiger partial charge in [-0.25, -0.2) is 0 Å². The molecule has 1 aliphatic rings. The van der Waals surface area contributed by atoms with E-state index in [1.807, 2.05) is 29.2 Å². The standard InChI is InChI=1S/C13H17BrN2O3/c14-10-3-1-9(2-4-10)11(17)7-16-5-6-19-12(8-16)13(15)18/h1-4,11-12,17H,5-8H2,(H2,15,18)/t11-,12+/m0/s1. The van der Waals surface area contributed by atoms with Gasteiger partial charge in [-0.2, -0.15) is 0 Å². The van der Waals surface area contributed by atoms with Gasteiger partial charge < -0.3 is 15.6 Å². The van der Waals surface area contributed by atoms with Gasteiger partial charge in [-0.3, -0.25) is 9.69 Å². The minimum absolute atomic E-state index is 0.433. The zero-order chi connectivity index (χ0) is 13.8. The Morgan fingerprint density at radius 2 is 2.21 bits per heavy atom. The van der Waals surface area contributed by atoms with E-state index in [-0.39, 0.29) is 0 Å². The molecule has 5 nitrogen and oxygen atoms in total. The van der Waals surface area contributed by atoms with Crippen LogP contribution in [-0.2, 0) is 9.53 Å². The first kappa shape index (κ1) is 14.5. The van der Waals surface area contributed by atoms with Crippen LogP contribution in [0.1, 0.15) is 11.7 Å². The molecule has 0 aromatic heterocycles. The molecule has 1 aliphatic heterocycles. The van der Waals surface area contributed by atoms with Crippen LogP contribution < -0.4 is 5.73 Å². The molecule has 6 heteroatoms. The van der Waals surface area contributed by atoms with Gasteiger partial charge in [-0.05, 0) is 17.7 Å². The maximum atomic E-state index is 11.1. The number of β-amino-alcohol motifs (C(OH)–C–C–N with tert-alkyl or cyclic N) is 1. The van der Waals surface area contributed by atoms with Crippen molar-refractivity contribution in [1.82, 2.24) is 4.90 Å². The summed E-state index contributed by atoms with van der Waals surface area (Å²) in [5, 5.41) is 10.2. The molecule has 2 atom stereocenters. The van der Waals surface area contributed by atoms with Gasteiger partial charge in [0, 0.05) is 24.1 Å². The Morgan fingerprint density at radius 1 is 1.53 bits per heavy atom. The fourth-order valence-corrected chi connectivity index (χ4v) is 2.34. The molecule has 0 saturated carbocycles. The van der Waals surface area contributed by atoms with Crippen LogP contribution in [-0.4, -0.2) is 48.3 Å². The summed E-state index contributed by atoms with van der Waals surface area (Å²) in [5.41, 5.74) is 6.08. The summed E-state index contributed by atoms with van der Waals surface area (Å²) in [4.78, 5) is 13.1. The molecule has 1 heterocycles. The van der Waals surface area contributed by atoms with Crippen LogP contribution in [0, 0.1) is 0 Å². The summed E-state index contributed by atoms with van der Waals surface area (Å²) in [6.07, 6.45) is -1.16. The predicted molar refractivity (Wildman–Crippen MR) is 74.5 cm³/mol. The normalized spacial score (nSPS) is 22.1. The lowest BCUT2D eigenvalue weighted by atomic mass is 10.1. The highest BCUT2D eigenvalue weighted by Crippen LogP contribution is 2.18. The van der Waals surface area contributed by atoms with Crippen molar-refractivity contribution in [2.75, 3.05) is 26.2 Å². The second-order valence-electron chi connectivity index (χ2n) is 4.59. The zero-order valence-corrected chi connectivity index (χ0v) is 12.0. The van der Waals surface area contributed by atoms with Crippen LogP contribution in [0.3, 0.4) is 0 Å². The number of rotatable bonds is 4. The minimum Gasteiger partial charge on any atom is -0.387 e. The second kappa shape index (κ2) is 6.47. The lowest BCUT2D eigenvalue weighted by Crippen LogP contribution is -2.49. The van der Waals surface area contributed by atoms with Gasteiger partial charge in [0.2, 0.25) is 5.91 Å². The molecule has 0 unspecified atom stereocenters. The smallest absolute Gasteiger partial charge is 0.247 e. The van der Waals surface area contributed by atoms with Gasteiger partial charge in [0.1, 0.15) is 6.10 Å². The van der Waals surface area contributed by atoms with Crippen LogP contribution >= 0.6 is 15.9 Å². The molecule has 1 aromatic rings. The van der Waals surface area contributed by atoms with Gasteiger partial charge in [-0.15, -0.1) is 0 Å². The number of nitrogens with two attached hydrogens (primary N) is 1. The van der Waals surface area contributed by atoms with Crippen molar-refractivity contribution in [3.8, 4) is 0 Å². The highest BCUT2D eigenvalue weighted by molar-refractivity contribution is 9.10. The molecule has 0 radical (unpaired) electrons. The average molecular weight is 329 g/mol. The molecule has 1 saturated heterocycles. The Labute approximate surface area is 120 Å². The number of aliphatic hydroxyl groups is 1. The number of hydrogen-bond acceptors (Lipinski definition) is 4. The number of hydrogen-bond donors (Lipinski definition) is 2. The summed E-state index contributed by atoms with van der Waals surface area (Å²) in [7, 11) is 0. The molecule has 3 N–H and O–H groups in total. The molecule has 104 valence electrons. The summed E-state index contributed by atoms with van der Waals surface area (Å²) in [6, 6.07) is 7.54. The van der Waals surface area contributed by atoms with E-state index in [2.05, 4.69) is 15.9 Å². The first-order chi connectivity index (χ1) is 9.06. The predicted octanol–water partition coefficient (Wildman–Crippen LogP) is 0.669. The van der Waals surface area contributed by atoms with Gasteiger partial charge in [0.15, 0.2) is 0 Å². The number of benzene rings is 1. The highest BCUT2D eigenvalue weighted by Gasteiger charge is 2.26. The van der Waals surface area contributed by atoms with E-state index in [9.17, 15) is 9.90 Å². The fraction of sp³-hybridized carbons (Fsp3) is 0.462. The van der Waals surface area contributed by atoms with Crippen LogP contribution in [0.15, 0.2) is 28.7 Å². The van der Waals surface area contributed by atoms with E-state index in [0.717, 1.165) is 10.0 Å². The Balaban J connectivity index is 1.93. The van der Waals surface area contributed by atoms with Crippen molar-refractivity contribution < 1.29 is 14.6 Å². The number of primary amides is 1. The van der Waals surface area contributed by atoms with Crippen molar-refractivity contribution >= 4 is 21.8 Å². The quantitative estimate of drug-likeness (QED) is 0.851. The highest BCUT2D eigenvalue weighted by atomic mass is 79.9. The van der Waals surface area contributed by atoms with Gasteiger partial charge in [-0.1, -0.05) is 28.1 Å². The number of carbonyl (C=O) groups excluding carboxylic acids is 1. The molecular formula is C13H17BrN2O3. The summed E-state index contributed by atoms with van der Waals surface area (Å²) in [6.45, 7) is 2.05. The second-order valence-corrected chi connectivity index (χ2v) is 5.50. The van der Waals surface area contributed by atoms with Crippen molar-refractivity contribution in [2.45, 2.75) is 12.2 Å². The molecule has 0 aliphatic carbocycles. The molecule has 1 amide bonds. The van der Waals surface area contributed by atoms with Crippen molar-refractivity contribution in [3.05, 3.63) is 34.3 Å². The van der Waals surface area contributed by atoms with E-state index in [1.54, 1.807) is 0 Å². The summed E-state index contributed by atoms with van der Waals surface area (Å²) >= 11 is 3.36. The third-order valence-corrected chi connectivity index (χ3v) is 3.68. The van der Waals surface area contributed by atoms with Gasteiger partial charge >= 0.3 is 0 Å². The third kappa shape index (κ3) is 4.01. The van der Waals surface area contributed by atoms with E-state index >= 15 is 0 Å². The number of carbonyl (C=O) groups is 1. The monoisotopic (exact) mass is 328 g/mol. The Bertz CT molecular complexity index is 438. The number of halogens is 1. The van der Waals surface area contributed by atoms with Crippen LogP contribution in [0.2, 0.25) is 0 Å². The van der Waals surface area contributed by atoms with Gasteiger partial charge in [0.05, 0.1) is 12.7 Å². The third-order valence-electron chi connectivity index (χ3n) is 3.15. The molecule has 1 fully saturated rings. The Kier molecular flexibility index (Phi) is 4.93. The summed E-state index contributed by atoms with van der Waals surface area (Å²) < 4.78 is 6.24. The molecule has 0 spiro atoms.